The number of rotatable bonds is 4. The number of furan rings is 1. The fraction of sp³-hybridized carbons (Fsp3) is 0.250. The molecule has 0 radical (unpaired) electrons. The van der Waals surface area contributed by atoms with Crippen molar-refractivity contribution in [1.29, 1.82) is 0 Å². The van der Waals surface area contributed by atoms with Crippen LogP contribution in [0.4, 0.5) is 5.82 Å². The van der Waals surface area contributed by atoms with Gasteiger partial charge in [0.25, 0.3) is 0 Å². The van der Waals surface area contributed by atoms with E-state index in [1.165, 1.54) is 12.5 Å². The van der Waals surface area contributed by atoms with E-state index in [0.717, 1.165) is 11.5 Å². The average Bonchev–Trinajstić information content (AvgIpc) is 2.74. The van der Waals surface area contributed by atoms with E-state index in [1.807, 2.05) is 19.1 Å². The highest BCUT2D eigenvalue weighted by atomic mass is 16.4. The van der Waals surface area contributed by atoms with E-state index in [1.54, 1.807) is 11.9 Å². The van der Waals surface area contributed by atoms with Crippen LogP contribution in [-0.4, -0.2) is 28.1 Å². The van der Waals surface area contributed by atoms with Gasteiger partial charge < -0.3 is 14.4 Å². The van der Waals surface area contributed by atoms with Crippen molar-refractivity contribution in [3.05, 3.63) is 41.7 Å². The van der Waals surface area contributed by atoms with Gasteiger partial charge in [-0.05, 0) is 19.1 Å². The number of hydrogen-bond donors (Lipinski definition) is 1. The smallest absolute Gasteiger partial charge is 0.341 e. The minimum atomic E-state index is -1.05. The summed E-state index contributed by atoms with van der Waals surface area (Å²) in [5.74, 6) is 0.893. The molecule has 0 atom stereocenters. The summed E-state index contributed by atoms with van der Waals surface area (Å²) in [6, 6.07) is 3.72. The molecule has 94 valence electrons. The molecule has 6 heteroatoms. The molecule has 0 aliphatic rings. The van der Waals surface area contributed by atoms with Gasteiger partial charge in [0.15, 0.2) is 0 Å². The van der Waals surface area contributed by atoms with Crippen LogP contribution in [0.3, 0.4) is 0 Å². The lowest BCUT2D eigenvalue weighted by molar-refractivity contribution is 0.0696. The van der Waals surface area contributed by atoms with E-state index in [9.17, 15) is 4.79 Å². The summed E-state index contributed by atoms with van der Waals surface area (Å²) in [6.07, 6.45) is 2.61. The lowest BCUT2D eigenvalue weighted by atomic mass is 10.3. The second-order valence-corrected chi connectivity index (χ2v) is 3.93. The number of carboxylic acids is 1. The maximum absolute atomic E-state index is 11.1. The minimum absolute atomic E-state index is 0.0725. The molecule has 0 fully saturated rings. The van der Waals surface area contributed by atoms with Crippen LogP contribution in [0.1, 0.15) is 21.9 Å². The zero-order chi connectivity index (χ0) is 13.1. The Bertz CT molecular complexity index is 565. The van der Waals surface area contributed by atoms with Crippen molar-refractivity contribution in [3.63, 3.8) is 0 Å². The molecule has 0 saturated heterocycles. The molecule has 0 saturated carbocycles. The van der Waals surface area contributed by atoms with Crippen molar-refractivity contribution in [2.75, 3.05) is 11.9 Å². The molecule has 0 unspecified atom stereocenters. The van der Waals surface area contributed by atoms with Gasteiger partial charge in [0.05, 0.1) is 6.54 Å². The molecule has 0 aromatic carbocycles. The van der Waals surface area contributed by atoms with Crippen molar-refractivity contribution in [2.24, 2.45) is 0 Å². The van der Waals surface area contributed by atoms with Crippen molar-refractivity contribution >= 4 is 11.8 Å². The maximum atomic E-state index is 11.1. The monoisotopic (exact) mass is 247 g/mol. The highest BCUT2D eigenvalue weighted by Crippen LogP contribution is 2.18. The second kappa shape index (κ2) is 4.87. The van der Waals surface area contributed by atoms with Crippen LogP contribution in [0.5, 0.6) is 0 Å². The Morgan fingerprint density at radius 2 is 2.28 bits per heavy atom. The van der Waals surface area contributed by atoms with Crippen molar-refractivity contribution in [2.45, 2.75) is 13.5 Å². The Hall–Kier alpha value is -2.37. The van der Waals surface area contributed by atoms with Crippen LogP contribution >= 0.6 is 0 Å². The molecule has 0 aliphatic heterocycles. The summed E-state index contributed by atoms with van der Waals surface area (Å²) in [5, 5.41) is 9.05. The highest BCUT2D eigenvalue weighted by Gasteiger charge is 2.16. The van der Waals surface area contributed by atoms with Gasteiger partial charge in [-0.25, -0.2) is 14.8 Å². The molecular weight excluding hydrogens is 234 g/mol. The normalized spacial score (nSPS) is 10.3. The van der Waals surface area contributed by atoms with Crippen LogP contribution in [0, 0.1) is 6.92 Å². The summed E-state index contributed by atoms with van der Waals surface area (Å²) in [4.78, 5) is 20.5. The number of nitrogens with zero attached hydrogens (tertiary/aromatic N) is 3. The van der Waals surface area contributed by atoms with Crippen molar-refractivity contribution in [1.82, 2.24) is 9.97 Å². The second-order valence-electron chi connectivity index (χ2n) is 3.93. The molecule has 2 heterocycles. The van der Waals surface area contributed by atoms with Crippen LogP contribution < -0.4 is 4.90 Å². The number of carbonyl (C=O) groups is 1. The van der Waals surface area contributed by atoms with E-state index in [2.05, 4.69) is 9.97 Å². The lowest BCUT2D eigenvalue weighted by Gasteiger charge is -2.17. The number of hydrogen-bond acceptors (Lipinski definition) is 5. The number of carboxylic acid groups (broad SMARTS) is 1. The summed E-state index contributed by atoms with van der Waals surface area (Å²) >= 11 is 0. The van der Waals surface area contributed by atoms with E-state index < -0.39 is 5.97 Å². The first-order valence-electron chi connectivity index (χ1n) is 5.37. The first kappa shape index (κ1) is 12.1. The van der Waals surface area contributed by atoms with Gasteiger partial charge in [-0.1, -0.05) is 0 Å². The van der Waals surface area contributed by atoms with Gasteiger partial charge in [0.2, 0.25) is 0 Å². The van der Waals surface area contributed by atoms with E-state index >= 15 is 0 Å². The third-order valence-electron chi connectivity index (χ3n) is 2.47. The van der Waals surface area contributed by atoms with Gasteiger partial charge in [-0.15, -0.1) is 0 Å². The molecule has 2 rings (SSSR count). The van der Waals surface area contributed by atoms with Crippen LogP contribution in [0.15, 0.2) is 29.1 Å². The molecule has 1 N–H and O–H groups in total. The van der Waals surface area contributed by atoms with Crippen LogP contribution in [-0.2, 0) is 6.54 Å². The zero-order valence-corrected chi connectivity index (χ0v) is 10.1. The number of aromatic nitrogens is 2. The molecule has 2 aromatic rings. The molecule has 0 amide bonds. The third-order valence-corrected chi connectivity index (χ3v) is 2.47. The minimum Gasteiger partial charge on any atom is -0.477 e. The summed E-state index contributed by atoms with van der Waals surface area (Å²) in [6.45, 7) is 2.31. The Morgan fingerprint density at radius 1 is 1.50 bits per heavy atom. The SMILES string of the molecule is Cc1ccc(CN(C)c2ncncc2C(=O)O)o1. The molecule has 0 spiro atoms. The van der Waals surface area contributed by atoms with Crippen LogP contribution in [0.25, 0.3) is 0 Å². The molecule has 6 nitrogen and oxygen atoms in total. The summed E-state index contributed by atoms with van der Waals surface area (Å²) in [5.41, 5.74) is 0.0725. The van der Waals surface area contributed by atoms with Gasteiger partial charge in [-0.2, -0.15) is 0 Å². The highest BCUT2D eigenvalue weighted by molar-refractivity contribution is 5.92. The zero-order valence-electron chi connectivity index (χ0n) is 10.1. The Kier molecular flexibility index (Phi) is 3.27. The van der Waals surface area contributed by atoms with Gasteiger partial charge in [0.1, 0.15) is 29.2 Å². The number of aromatic carboxylic acids is 1. The topological polar surface area (TPSA) is 79.5 Å². The van der Waals surface area contributed by atoms with E-state index in [4.69, 9.17) is 9.52 Å². The largest absolute Gasteiger partial charge is 0.477 e. The molecule has 2 aromatic heterocycles. The summed E-state index contributed by atoms with van der Waals surface area (Å²) < 4.78 is 5.44. The van der Waals surface area contributed by atoms with Gasteiger partial charge in [-0.3, -0.25) is 0 Å². The average molecular weight is 247 g/mol. The van der Waals surface area contributed by atoms with Gasteiger partial charge in [0, 0.05) is 13.2 Å². The van der Waals surface area contributed by atoms with Crippen molar-refractivity contribution in [3.8, 4) is 0 Å². The first-order valence-corrected chi connectivity index (χ1v) is 5.37. The quantitative estimate of drug-likeness (QED) is 0.886. The number of anilines is 1. The van der Waals surface area contributed by atoms with Crippen LogP contribution in [0.2, 0.25) is 0 Å². The Labute approximate surface area is 104 Å². The van der Waals surface area contributed by atoms with E-state index in [-0.39, 0.29) is 5.56 Å². The lowest BCUT2D eigenvalue weighted by Crippen LogP contribution is -2.20. The maximum Gasteiger partial charge on any atom is 0.341 e. The first-order chi connectivity index (χ1) is 8.58. The molecule has 18 heavy (non-hydrogen) atoms. The van der Waals surface area contributed by atoms with Gasteiger partial charge >= 0.3 is 5.97 Å². The molecular formula is C12H13N3O3. The Morgan fingerprint density at radius 3 is 2.89 bits per heavy atom. The third kappa shape index (κ3) is 2.48. The fourth-order valence-corrected chi connectivity index (χ4v) is 1.66. The fourth-order valence-electron chi connectivity index (χ4n) is 1.66. The standard InChI is InChI=1S/C12H13N3O3/c1-8-3-4-9(18-8)6-15(2)11-10(12(16)17)5-13-7-14-11/h3-5,7H,6H2,1-2H3,(H,16,17). The predicted molar refractivity (Wildman–Crippen MR) is 64.5 cm³/mol. The number of aryl methyl sites for hydroxylation is 1. The summed E-state index contributed by atoms with van der Waals surface area (Å²) in [7, 11) is 1.76. The Balaban J connectivity index is 2.23. The molecule has 0 aliphatic carbocycles. The van der Waals surface area contributed by atoms with Crippen molar-refractivity contribution < 1.29 is 14.3 Å². The predicted octanol–water partition coefficient (Wildman–Crippen LogP) is 1.71. The van der Waals surface area contributed by atoms with E-state index in [0.29, 0.717) is 12.4 Å². The molecule has 0 bridgehead atoms.